The van der Waals surface area contributed by atoms with Crippen molar-refractivity contribution in [2.75, 3.05) is 20.1 Å². The Morgan fingerprint density at radius 1 is 0.881 bits per heavy atom. The molecular weight excluding hydrogens is 762 g/mol. The maximum Gasteiger partial charge on any atom is 0.360 e. The number of nitrogens with one attached hydrogen (secondary N) is 2. The zero-order chi connectivity index (χ0) is 43.4. The maximum absolute atomic E-state index is 14.1. The van der Waals surface area contributed by atoms with E-state index in [4.69, 9.17) is 35.8 Å². The summed E-state index contributed by atoms with van der Waals surface area (Å²) >= 11 is 0. The number of carbonyl (C=O) groups excluding carboxylic acids is 6. The van der Waals surface area contributed by atoms with Crippen molar-refractivity contribution in [3.63, 3.8) is 0 Å². The molecule has 0 radical (unpaired) electrons. The van der Waals surface area contributed by atoms with Gasteiger partial charge in [-0.2, -0.15) is 0 Å². The highest BCUT2D eigenvalue weighted by molar-refractivity contribution is 6.09. The lowest BCUT2D eigenvalue weighted by Crippen LogP contribution is -2.37. The summed E-state index contributed by atoms with van der Waals surface area (Å²) in [5, 5.41) is 21.4. The third-order valence-corrected chi connectivity index (χ3v) is 9.61. The quantitative estimate of drug-likeness (QED) is 0.0443. The Balaban J connectivity index is 1.58. The number of nitrogens with zero attached hydrogens (tertiary/aromatic N) is 1. The number of rotatable bonds is 21. The van der Waals surface area contributed by atoms with Gasteiger partial charge in [0, 0.05) is 29.8 Å². The molecule has 0 aliphatic heterocycles. The summed E-state index contributed by atoms with van der Waals surface area (Å²) in [6, 6.07) is 10.4. The van der Waals surface area contributed by atoms with Crippen LogP contribution in [0.2, 0.25) is 0 Å². The van der Waals surface area contributed by atoms with E-state index in [2.05, 4.69) is 16.9 Å². The van der Waals surface area contributed by atoms with Gasteiger partial charge in [0.1, 0.15) is 17.8 Å². The second kappa shape index (κ2) is 21.1. The molecule has 2 aromatic carbocycles. The number of pyridine rings is 1. The molecule has 1 aromatic heterocycles. The SMILES string of the molecule is C=Cc1cc(C(=O)Cc2ccc(C(=N)CC(=O)OCOC(=O)[C@@H](N)C(C)C)cc2)c(-c2ccc(C(=O)NCC3CC3)nc2C(=O)OCOC(=O)[C@@H](N)C(C)C)cc1CO. The second-order valence-electron chi connectivity index (χ2n) is 14.8. The van der Waals surface area contributed by atoms with E-state index < -0.39 is 74.3 Å². The molecule has 0 saturated heterocycles. The molecular formula is C43H51N5O11. The van der Waals surface area contributed by atoms with Crippen LogP contribution in [0.1, 0.15) is 101 Å². The van der Waals surface area contributed by atoms with E-state index in [-0.39, 0.29) is 52.0 Å². The van der Waals surface area contributed by atoms with Crippen LogP contribution in [0.15, 0.2) is 55.1 Å². The molecule has 16 heteroatoms. The van der Waals surface area contributed by atoms with Gasteiger partial charge in [-0.05, 0) is 82.7 Å². The number of benzene rings is 2. The smallest absolute Gasteiger partial charge is 0.360 e. The highest BCUT2D eigenvalue weighted by Crippen LogP contribution is 2.32. The third kappa shape index (κ3) is 12.7. The Bertz CT molecular complexity index is 2080. The number of ether oxygens (including phenoxy) is 4. The summed E-state index contributed by atoms with van der Waals surface area (Å²) in [7, 11) is 0. The van der Waals surface area contributed by atoms with Gasteiger partial charge in [0.05, 0.1) is 13.0 Å². The van der Waals surface area contributed by atoms with Gasteiger partial charge in [0.25, 0.3) is 5.91 Å². The molecule has 1 aliphatic rings. The second-order valence-corrected chi connectivity index (χ2v) is 14.8. The number of amides is 1. The summed E-state index contributed by atoms with van der Waals surface area (Å²) < 4.78 is 20.1. The number of nitrogens with two attached hydrogens (primary N) is 2. The monoisotopic (exact) mass is 813 g/mol. The van der Waals surface area contributed by atoms with Gasteiger partial charge in [-0.15, -0.1) is 0 Å². The van der Waals surface area contributed by atoms with Crippen LogP contribution in [-0.4, -0.2) is 83.6 Å². The van der Waals surface area contributed by atoms with Crippen molar-refractivity contribution in [3.05, 3.63) is 94.3 Å². The van der Waals surface area contributed by atoms with Crippen molar-refractivity contribution in [2.45, 2.75) is 72.1 Å². The van der Waals surface area contributed by atoms with Gasteiger partial charge in [0.2, 0.25) is 13.6 Å². The lowest BCUT2D eigenvalue weighted by Gasteiger charge is -2.17. The fourth-order valence-electron chi connectivity index (χ4n) is 5.55. The van der Waals surface area contributed by atoms with Crippen molar-refractivity contribution in [2.24, 2.45) is 29.2 Å². The number of hydrogen-bond acceptors (Lipinski definition) is 15. The Labute approximate surface area is 342 Å². The predicted molar refractivity (Wildman–Crippen MR) is 216 cm³/mol. The average molecular weight is 814 g/mol. The minimum absolute atomic E-state index is 0.0790. The topological polar surface area (TPSA) is 260 Å². The summed E-state index contributed by atoms with van der Waals surface area (Å²) in [5.74, 6) is -4.32. The lowest BCUT2D eigenvalue weighted by molar-refractivity contribution is -0.168. The molecule has 7 N–H and O–H groups in total. The minimum atomic E-state index is -1.06. The van der Waals surface area contributed by atoms with Crippen LogP contribution < -0.4 is 16.8 Å². The first-order chi connectivity index (χ1) is 28.0. The first-order valence-corrected chi connectivity index (χ1v) is 19.1. The van der Waals surface area contributed by atoms with Crippen molar-refractivity contribution >= 4 is 47.4 Å². The van der Waals surface area contributed by atoms with Crippen LogP contribution >= 0.6 is 0 Å². The fraction of sp³-hybridized carbons (Fsp3) is 0.395. The van der Waals surface area contributed by atoms with Crippen LogP contribution in [-0.2, 0) is 46.4 Å². The normalized spacial score (nSPS) is 13.2. The number of aliphatic hydroxyl groups is 1. The van der Waals surface area contributed by atoms with E-state index >= 15 is 0 Å². The van der Waals surface area contributed by atoms with Gasteiger partial charge in [0.15, 0.2) is 11.5 Å². The van der Waals surface area contributed by atoms with E-state index in [1.807, 2.05) is 0 Å². The molecule has 59 heavy (non-hydrogen) atoms. The molecule has 1 amide bonds. The van der Waals surface area contributed by atoms with Crippen molar-refractivity contribution in [1.29, 1.82) is 5.41 Å². The predicted octanol–water partition coefficient (Wildman–Crippen LogP) is 3.88. The highest BCUT2D eigenvalue weighted by atomic mass is 16.7. The molecule has 0 spiro atoms. The first kappa shape index (κ1) is 45.6. The molecule has 1 fully saturated rings. The van der Waals surface area contributed by atoms with Gasteiger partial charge < -0.3 is 46.2 Å². The van der Waals surface area contributed by atoms with E-state index in [1.54, 1.807) is 52.0 Å². The van der Waals surface area contributed by atoms with Gasteiger partial charge in [-0.25, -0.2) is 9.78 Å². The lowest BCUT2D eigenvalue weighted by atomic mass is 9.89. The van der Waals surface area contributed by atoms with Crippen molar-refractivity contribution in [1.82, 2.24) is 10.3 Å². The molecule has 1 heterocycles. The molecule has 1 saturated carbocycles. The van der Waals surface area contributed by atoms with Crippen molar-refractivity contribution < 1.29 is 52.8 Å². The summed E-state index contributed by atoms with van der Waals surface area (Å²) in [4.78, 5) is 81.7. The van der Waals surface area contributed by atoms with Crippen LogP contribution in [0.3, 0.4) is 0 Å². The molecule has 314 valence electrons. The van der Waals surface area contributed by atoms with E-state index in [9.17, 15) is 33.9 Å². The summed E-state index contributed by atoms with van der Waals surface area (Å²) in [6.45, 7) is 9.32. The molecule has 4 rings (SSSR count). The summed E-state index contributed by atoms with van der Waals surface area (Å²) in [5.41, 5.74) is 13.2. The Kier molecular flexibility index (Phi) is 16.3. The van der Waals surface area contributed by atoms with Crippen LogP contribution in [0.4, 0.5) is 0 Å². The fourth-order valence-corrected chi connectivity index (χ4v) is 5.55. The average Bonchev–Trinajstić information content (AvgIpc) is 4.06. The molecule has 2 atom stereocenters. The standard InChI is InChI=1S/C43H51N5O11/c1-6-27-16-32(35(50)15-25-9-11-28(12-10-25)33(44)18-36(51)56-21-57-41(53)37(45)23(2)3)31(17-29(27)20-49)30-13-14-34(40(52)47-19-26-7-8-26)48-39(30)43(55)59-22-58-42(54)38(46)24(4)5/h6,9-14,16-17,23-24,26,37-38,44,49H,1,7-8,15,18-22,45-46H2,2-5H3,(H,47,52)/t37-,38-/m0/s1. The van der Waals surface area contributed by atoms with Crippen molar-refractivity contribution in [3.8, 4) is 11.1 Å². The number of ketones is 1. The van der Waals surface area contributed by atoms with Crippen LogP contribution in [0.5, 0.6) is 0 Å². The van der Waals surface area contributed by atoms with Crippen LogP contribution in [0.25, 0.3) is 17.2 Å². The van der Waals surface area contributed by atoms with Gasteiger partial charge in [-0.3, -0.25) is 24.0 Å². The zero-order valence-corrected chi connectivity index (χ0v) is 33.6. The molecule has 1 aliphatic carbocycles. The largest absolute Gasteiger partial charge is 0.428 e. The number of aliphatic hydroxyl groups excluding tert-OH is 1. The molecule has 0 unspecified atom stereocenters. The van der Waals surface area contributed by atoms with E-state index in [1.165, 1.54) is 30.3 Å². The molecule has 3 aromatic rings. The molecule has 0 bridgehead atoms. The number of Topliss-reactive ketones (excluding diaryl/α,β-unsaturated/α-hetero) is 1. The molecule has 16 nitrogen and oxygen atoms in total. The Hall–Kier alpha value is -6.10. The third-order valence-electron chi connectivity index (χ3n) is 9.61. The number of aromatic nitrogens is 1. The van der Waals surface area contributed by atoms with Gasteiger partial charge >= 0.3 is 23.9 Å². The Morgan fingerprint density at radius 3 is 2.05 bits per heavy atom. The Morgan fingerprint density at radius 2 is 1.49 bits per heavy atom. The summed E-state index contributed by atoms with van der Waals surface area (Å²) in [6.07, 6.45) is 2.90. The van der Waals surface area contributed by atoms with E-state index in [0.29, 0.717) is 34.7 Å². The van der Waals surface area contributed by atoms with Crippen LogP contribution in [0, 0.1) is 23.2 Å². The zero-order valence-electron chi connectivity index (χ0n) is 33.6. The number of carbonyl (C=O) groups is 6. The highest BCUT2D eigenvalue weighted by Gasteiger charge is 2.27. The van der Waals surface area contributed by atoms with E-state index in [0.717, 1.165) is 12.8 Å². The number of hydrogen-bond donors (Lipinski definition) is 5. The minimum Gasteiger partial charge on any atom is -0.428 e. The first-order valence-electron chi connectivity index (χ1n) is 19.1. The number of esters is 4. The maximum atomic E-state index is 14.1. The van der Waals surface area contributed by atoms with Gasteiger partial charge in [-0.1, -0.05) is 64.6 Å².